The zero-order chi connectivity index (χ0) is 30.7. The maximum Gasteiger partial charge on any atom is 0.332 e. The molecule has 0 bridgehead atoms. The van der Waals surface area contributed by atoms with Crippen LogP contribution >= 0.6 is 0 Å². The van der Waals surface area contributed by atoms with Gasteiger partial charge >= 0.3 is 5.69 Å². The monoisotopic (exact) mass is 589 g/mol. The highest BCUT2D eigenvalue weighted by Gasteiger charge is 2.16. The lowest BCUT2D eigenvalue weighted by Gasteiger charge is -2.25. The van der Waals surface area contributed by atoms with Crippen LogP contribution in [0.1, 0.15) is 136 Å². The second-order valence-corrected chi connectivity index (χ2v) is 12.1. The molecule has 0 fully saturated rings. The standard InChI is InChI=1S/C33H59N5O4/c1-5-7-8-9-10-11-12-15-18-21-24-37(29(40)6-2)26-28(39)23-20-17-14-13-16-19-22-25-38-32(41)30-31(34-27-35(30)3)36(4)33(38)42/h27-28,39H,5-26H2,1-4H3. The number of carbonyl (C=O) groups excluding carboxylic acids is 1. The van der Waals surface area contributed by atoms with Crippen molar-refractivity contribution in [3.63, 3.8) is 0 Å². The molecule has 0 spiro atoms. The van der Waals surface area contributed by atoms with E-state index in [1.807, 2.05) is 11.8 Å². The summed E-state index contributed by atoms with van der Waals surface area (Å²) in [6.45, 7) is 5.78. The molecule has 2 aromatic heterocycles. The normalized spacial score (nSPS) is 12.3. The van der Waals surface area contributed by atoms with Crippen molar-refractivity contribution >= 4 is 17.1 Å². The van der Waals surface area contributed by atoms with Crippen LogP contribution in [0.5, 0.6) is 0 Å². The molecule has 0 aliphatic heterocycles. The number of unbranched alkanes of at least 4 members (excludes halogenated alkanes) is 15. The second kappa shape index (κ2) is 20.5. The molecule has 0 aliphatic rings. The summed E-state index contributed by atoms with van der Waals surface area (Å²) in [5, 5.41) is 10.6. The maximum atomic E-state index is 12.8. The average molecular weight is 590 g/mol. The van der Waals surface area contributed by atoms with Crippen LogP contribution < -0.4 is 11.2 Å². The Kier molecular flexibility index (Phi) is 17.4. The zero-order valence-corrected chi connectivity index (χ0v) is 27.1. The van der Waals surface area contributed by atoms with Crippen LogP contribution in [0, 0.1) is 0 Å². The van der Waals surface area contributed by atoms with E-state index < -0.39 is 6.10 Å². The van der Waals surface area contributed by atoms with Crippen LogP contribution in [0.4, 0.5) is 0 Å². The van der Waals surface area contributed by atoms with Gasteiger partial charge in [0.15, 0.2) is 11.2 Å². The fourth-order valence-corrected chi connectivity index (χ4v) is 5.80. The van der Waals surface area contributed by atoms with E-state index in [1.165, 1.54) is 60.5 Å². The molecule has 9 nitrogen and oxygen atoms in total. The Morgan fingerprint density at radius 3 is 1.98 bits per heavy atom. The highest BCUT2D eigenvalue weighted by molar-refractivity contribution is 5.75. The summed E-state index contributed by atoms with van der Waals surface area (Å²) >= 11 is 0. The van der Waals surface area contributed by atoms with Gasteiger partial charge in [-0.05, 0) is 19.3 Å². The number of imidazole rings is 1. The third kappa shape index (κ3) is 12.1. The van der Waals surface area contributed by atoms with Crippen LogP contribution in [0.3, 0.4) is 0 Å². The van der Waals surface area contributed by atoms with E-state index >= 15 is 0 Å². The molecular formula is C33H59N5O4. The summed E-state index contributed by atoms with van der Waals surface area (Å²) in [5.41, 5.74) is 0.301. The lowest BCUT2D eigenvalue weighted by molar-refractivity contribution is -0.132. The van der Waals surface area contributed by atoms with Crippen molar-refractivity contribution in [2.75, 3.05) is 13.1 Å². The largest absolute Gasteiger partial charge is 0.391 e. The Morgan fingerprint density at radius 2 is 1.38 bits per heavy atom. The Bertz CT molecular complexity index is 1150. The number of aryl methyl sites for hydroxylation is 2. The second-order valence-electron chi connectivity index (χ2n) is 12.1. The molecule has 9 heteroatoms. The first-order valence-corrected chi connectivity index (χ1v) is 16.9. The highest BCUT2D eigenvalue weighted by atomic mass is 16.3. The molecule has 2 aromatic rings. The molecule has 1 N–H and O–H groups in total. The minimum atomic E-state index is -0.457. The number of carbonyl (C=O) groups is 1. The molecule has 1 atom stereocenters. The third-order valence-electron chi connectivity index (χ3n) is 8.49. The molecular weight excluding hydrogens is 530 g/mol. The van der Waals surface area contributed by atoms with Crippen molar-refractivity contribution in [2.24, 2.45) is 14.1 Å². The van der Waals surface area contributed by atoms with Gasteiger partial charge in [-0.25, -0.2) is 9.78 Å². The summed E-state index contributed by atoms with van der Waals surface area (Å²) in [7, 11) is 3.42. The van der Waals surface area contributed by atoms with E-state index in [-0.39, 0.29) is 17.2 Å². The van der Waals surface area contributed by atoms with Crippen molar-refractivity contribution in [1.82, 2.24) is 23.6 Å². The number of amides is 1. The molecule has 0 radical (unpaired) electrons. The number of aromatic nitrogens is 4. The molecule has 0 aliphatic carbocycles. The molecule has 0 saturated heterocycles. The molecule has 1 amide bonds. The SMILES string of the molecule is CCCCCCCCCCCCN(CC(O)CCCCCCCCCn1c(=O)c2c(ncn2C)n(C)c1=O)C(=O)CC. The fourth-order valence-electron chi connectivity index (χ4n) is 5.80. The molecule has 42 heavy (non-hydrogen) atoms. The van der Waals surface area contributed by atoms with Gasteiger partial charge in [-0.2, -0.15) is 0 Å². The van der Waals surface area contributed by atoms with E-state index in [0.29, 0.717) is 30.7 Å². The van der Waals surface area contributed by atoms with Crippen molar-refractivity contribution in [3.05, 3.63) is 27.2 Å². The van der Waals surface area contributed by atoms with Crippen molar-refractivity contribution in [3.8, 4) is 0 Å². The zero-order valence-electron chi connectivity index (χ0n) is 27.1. The minimum absolute atomic E-state index is 0.144. The number of hydrogen-bond acceptors (Lipinski definition) is 5. The van der Waals surface area contributed by atoms with Gasteiger partial charge in [0.05, 0.1) is 12.4 Å². The van der Waals surface area contributed by atoms with Gasteiger partial charge in [-0.1, -0.05) is 110 Å². The molecule has 1 unspecified atom stereocenters. The van der Waals surface area contributed by atoms with Gasteiger partial charge in [0.2, 0.25) is 5.91 Å². The molecule has 240 valence electrons. The van der Waals surface area contributed by atoms with Crippen LogP contribution in [0.25, 0.3) is 11.2 Å². The molecule has 2 rings (SSSR count). The van der Waals surface area contributed by atoms with Crippen LogP contribution in [0.2, 0.25) is 0 Å². The fraction of sp³-hybridized carbons (Fsp3) is 0.818. The number of nitrogens with zero attached hydrogens (tertiary/aromatic N) is 5. The summed E-state index contributed by atoms with van der Waals surface area (Å²) < 4.78 is 4.44. The summed E-state index contributed by atoms with van der Waals surface area (Å²) in [4.78, 5) is 43.8. The topological polar surface area (TPSA) is 102 Å². The van der Waals surface area contributed by atoms with Crippen molar-refractivity contribution in [1.29, 1.82) is 0 Å². The first-order valence-electron chi connectivity index (χ1n) is 16.9. The third-order valence-corrected chi connectivity index (χ3v) is 8.49. The van der Waals surface area contributed by atoms with Crippen LogP contribution in [-0.2, 0) is 25.4 Å². The number of rotatable bonds is 24. The predicted octanol–water partition coefficient (Wildman–Crippen LogP) is 6.07. The lowest BCUT2D eigenvalue weighted by Crippen LogP contribution is -2.39. The molecule has 2 heterocycles. The van der Waals surface area contributed by atoms with Crippen molar-refractivity contribution < 1.29 is 9.90 Å². The van der Waals surface area contributed by atoms with Gasteiger partial charge in [0.25, 0.3) is 5.56 Å². The smallest absolute Gasteiger partial charge is 0.332 e. The summed E-state index contributed by atoms with van der Waals surface area (Å²) in [6.07, 6.45) is 22.1. The Balaban J connectivity index is 1.55. The van der Waals surface area contributed by atoms with Crippen LogP contribution in [0.15, 0.2) is 15.9 Å². The van der Waals surface area contributed by atoms with Gasteiger partial charge in [0.1, 0.15) is 0 Å². The number of aliphatic hydroxyl groups excluding tert-OH is 1. The number of aliphatic hydroxyl groups is 1. The molecule has 0 aromatic carbocycles. The van der Waals surface area contributed by atoms with E-state index in [0.717, 1.165) is 70.8 Å². The minimum Gasteiger partial charge on any atom is -0.391 e. The lowest BCUT2D eigenvalue weighted by atomic mass is 10.1. The maximum absolute atomic E-state index is 12.8. The van der Waals surface area contributed by atoms with E-state index in [1.54, 1.807) is 25.0 Å². The Morgan fingerprint density at radius 1 is 0.833 bits per heavy atom. The first kappa shape index (κ1) is 35.8. The molecule has 0 saturated carbocycles. The van der Waals surface area contributed by atoms with Crippen molar-refractivity contribution in [2.45, 2.75) is 148 Å². The van der Waals surface area contributed by atoms with Gasteiger partial charge < -0.3 is 14.6 Å². The average Bonchev–Trinajstić information content (AvgIpc) is 3.38. The first-order chi connectivity index (χ1) is 20.3. The Hall–Kier alpha value is -2.42. The van der Waals surface area contributed by atoms with Gasteiger partial charge in [-0.3, -0.25) is 18.7 Å². The van der Waals surface area contributed by atoms with Gasteiger partial charge in [-0.15, -0.1) is 0 Å². The van der Waals surface area contributed by atoms with E-state index in [9.17, 15) is 19.5 Å². The Labute approximate surface area is 253 Å². The quantitative estimate of drug-likeness (QED) is 0.150. The van der Waals surface area contributed by atoms with Gasteiger partial charge in [0, 0.05) is 40.2 Å². The van der Waals surface area contributed by atoms with E-state index in [4.69, 9.17) is 0 Å². The highest BCUT2D eigenvalue weighted by Crippen LogP contribution is 2.14. The predicted molar refractivity (Wildman–Crippen MR) is 172 cm³/mol. The van der Waals surface area contributed by atoms with E-state index in [2.05, 4.69) is 11.9 Å². The summed E-state index contributed by atoms with van der Waals surface area (Å²) in [5.74, 6) is 0.144. The van der Waals surface area contributed by atoms with Crippen LogP contribution in [-0.4, -0.2) is 53.8 Å². The number of fused-ring (bicyclic) bond motifs is 1. The summed E-state index contributed by atoms with van der Waals surface area (Å²) in [6, 6.07) is 0. The number of hydrogen-bond donors (Lipinski definition) is 1.